The fraction of sp³-hybridized carbons (Fsp3) is 0.462. The van der Waals surface area contributed by atoms with Gasteiger partial charge < -0.3 is 10.4 Å². The molecule has 0 fully saturated rings. The maximum atomic E-state index is 10.3. The highest BCUT2D eigenvalue weighted by atomic mass is 16.4. The summed E-state index contributed by atoms with van der Waals surface area (Å²) in [6.45, 7) is 5.01. The van der Waals surface area contributed by atoms with E-state index in [1.807, 2.05) is 12.1 Å². The Kier molecular flexibility index (Phi) is 4.83. The smallest absolute Gasteiger partial charge is 0.303 e. The molecule has 0 saturated heterocycles. The zero-order valence-electron chi connectivity index (χ0n) is 9.86. The Morgan fingerprint density at radius 1 is 1.44 bits per heavy atom. The van der Waals surface area contributed by atoms with Crippen LogP contribution in [0.1, 0.15) is 38.2 Å². The molecule has 16 heavy (non-hydrogen) atoms. The number of carbonyl (C=O) groups is 1. The highest BCUT2D eigenvalue weighted by Gasteiger charge is 2.00. The van der Waals surface area contributed by atoms with Crippen LogP contribution in [0.2, 0.25) is 0 Å². The van der Waals surface area contributed by atoms with Crippen LogP contribution in [0.25, 0.3) is 0 Å². The normalized spacial score (nSPS) is 10.4. The van der Waals surface area contributed by atoms with Crippen molar-refractivity contribution < 1.29 is 9.90 Å². The number of nitrogens with one attached hydrogen (secondary N) is 1. The Bertz CT molecular complexity index is 348. The molecule has 2 N–H and O–H groups in total. The highest BCUT2D eigenvalue weighted by Crippen LogP contribution is 2.18. The van der Waals surface area contributed by atoms with Crippen molar-refractivity contribution in [2.24, 2.45) is 0 Å². The molecule has 0 aliphatic carbocycles. The van der Waals surface area contributed by atoms with E-state index in [0.717, 1.165) is 5.69 Å². The monoisotopic (exact) mass is 221 g/mol. The summed E-state index contributed by atoms with van der Waals surface area (Å²) < 4.78 is 0. The number of anilines is 1. The van der Waals surface area contributed by atoms with Gasteiger partial charge in [0.15, 0.2) is 0 Å². The lowest BCUT2D eigenvalue weighted by molar-refractivity contribution is -0.137. The van der Waals surface area contributed by atoms with Crippen molar-refractivity contribution in [1.29, 1.82) is 0 Å². The maximum absolute atomic E-state index is 10.3. The third-order valence-electron chi connectivity index (χ3n) is 2.45. The van der Waals surface area contributed by atoms with Gasteiger partial charge in [0, 0.05) is 18.7 Å². The summed E-state index contributed by atoms with van der Waals surface area (Å²) in [6.07, 6.45) is 0.873. The molecule has 0 atom stereocenters. The number of rotatable bonds is 6. The number of carboxylic acids is 1. The maximum Gasteiger partial charge on any atom is 0.303 e. The second-order valence-corrected chi connectivity index (χ2v) is 4.20. The molecule has 0 radical (unpaired) electrons. The second kappa shape index (κ2) is 6.16. The molecule has 0 heterocycles. The minimum absolute atomic E-state index is 0.219. The lowest BCUT2D eigenvalue weighted by Gasteiger charge is -2.09. The minimum Gasteiger partial charge on any atom is -0.481 e. The quantitative estimate of drug-likeness (QED) is 0.726. The van der Waals surface area contributed by atoms with E-state index in [1.165, 1.54) is 5.56 Å². The molecule has 0 aromatic heterocycles. The van der Waals surface area contributed by atoms with Gasteiger partial charge in [0.25, 0.3) is 0 Å². The lowest BCUT2D eigenvalue weighted by atomic mass is 10.0. The summed E-state index contributed by atoms with van der Waals surface area (Å²) in [5, 5.41) is 11.7. The van der Waals surface area contributed by atoms with Gasteiger partial charge in [-0.05, 0) is 30.0 Å². The summed E-state index contributed by atoms with van der Waals surface area (Å²) in [5.74, 6) is -0.224. The lowest BCUT2D eigenvalue weighted by Crippen LogP contribution is -2.05. The Hall–Kier alpha value is -1.51. The standard InChI is InChI=1S/C13H19NO2/c1-10(2)11-5-3-6-12(9-11)14-8-4-7-13(15)16/h3,5-6,9-10,14H,4,7-8H2,1-2H3,(H,15,16). The van der Waals surface area contributed by atoms with Gasteiger partial charge in [0.2, 0.25) is 0 Å². The molecule has 0 aliphatic rings. The number of hydrogen-bond acceptors (Lipinski definition) is 2. The van der Waals surface area contributed by atoms with Gasteiger partial charge in [0.1, 0.15) is 0 Å². The molecule has 0 spiro atoms. The van der Waals surface area contributed by atoms with Crippen molar-refractivity contribution in [3.8, 4) is 0 Å². The number of aliphatic carboxylic acids is 1. The van der Waals surface area contributed by atoms with E-state index in [9.17, 15) is 4.79 Å². The summed E-state index contributed by atoms with van der Waals surface area (Å²) in [5.41, 5.74) is 2.36. The van der Waals surface area contributed by atoms with Crippen LogP contribution in [0.5, 0.6) is 0 Å². The van der Waals surface area contributed by atoms with E-state index in [0.29, 0.717) is 18.9 Å². The zero-order valence-corrected chi connectivity index (χ0v) is 9.86. The molecule has 0 aliphatic heterocycles. The van der Waals surface area contributed by atoms with Gasteiger partial charge in [-0.15, -0.1) is 0 Å². The first-order valence-corrected chi connectivity index (χ1v) is 5.65. The molecular formula is C13H19NO2. The summed E-state index contributed by atoms with van der Waals surface area (Å²) in [6, 6.07) is 8.25. The second-order valence-electron chi connectivity index (χ2n) is 4.20. The predicted molar refractivity (Wildman–Crippen MR) is 65.9 cm³/mol. The van der Waals surface area contributed by atoms with Gasteiger partial charge in [-0.25, -0.2) is 0 Å². The van der Waals surface area contributed by atoms with Crippen LogP contribution in [-0.2, 0) is 4.79 Å². The predicted octanol–water partition coefficient (Wildman–Crippen LogP) is 3.09. The minimum atomic E-state index is -0.738. The van der Waals surface area contributed by atoms with Gasteiger partial charge in [0.05, 0.1) is 0 Å². The topological polar surface area (TPSA) is 49.3 Å². The average molecular weight is 221 g/mol. The Balaban J connectivity index is 2.42. The first kappa shape index (κ1) is 12.6. The molecule has 1 aromatic rings. The molecule has 88 valence electrons. The van der Waals surface area contributed by atoms with Crippen LogP contribution in [0.15, 0.2) is 24.3 Å². The molecular weight excluding hydrogens is 202 g/mol. The molecule has 3 nitrogen and oxygen atoms in total. The van der Waals surface area contributed by atoms with Crippen molar-refractivity contribution in [3.05, 3.63) is 29.8 Å². The van der Waals surface area contributed by atoms with E-state index in [1.54, 1.807) is 0 Å². The van der Waals surface area contributed by atoms with Crippen molar-refractivity contribution in [2.75, 3.05) is 11.9 Å². The van der Waals surface area contributed by atoms with E-state index >= 15 is 0 Å². The Morgan fingerprint density at radius 3 is 2.81 bits per heavy atom. The number of carboxylic acid groups (broad SMARTS) is 1. The summed E-state index contributed by atoms with van der Waals surface area (Å²) in [7, 11) is 0. The molecule has 0 amide bonds. The highest BCUT2D eigenvalue weighted by molar-refractivity contribution is 5.66. The largest absolute Gasteiger partial charge is 0.481 e. The molecule has 0 saturated carbocycles. The number of hydrogen-bond donors (Lipinski definition) is 2. The van der Waals surface area contributed by atoms with E-state index in [4.69, 9.17) is 5.11 Å². The third kappa shape index (κ3) is 4.34. The van der Waals surface area contributed by atoms with Crippen molar-refractivity contribution in [2.45, 2.75) is 32.6 Å². The Labute approximate surface area is 96.5 Å². The van der Waals surface area contributed by atoms with Crippen molar-refractivity contribution in [1.82, 2.24) is 0 Å². The first-order chi connectivity index (χ1) is 7.59. The van der Waals surface area contributed by atoms with Crippen LogP contribution >= 0.6 is 0 Å². The van der Waals surface area contributed by atoms with Gasteiger partial charge in [-0.1, -0.05) is 26.0 Å². The summed E-state index contributed by atoms with van der Waals surface area (Å²) >= 11 is 0. The SMILES string of the molecule is CC(C)c1cccc(NCCCC(=O)O)c1. The Morgan fingerprint density at radius 2 is 2.19 bits per heavy atom. The third-order valence-corrected chi connectivity index (χ3v) is 2.45. The fourth-order valence-corrected chi connectivity index (χ4v) is 1.48. The molecule has 1 rings (SSSR count). The van der Waals surface area contributed by atoms with E-state index in [2.05, 4.69) is 31.3 Å². The van der Waals surface area contributed by atoms with Crippen LogP contribution in [0, 0.1) is 0 Å². The first-order valence-electron chi connectivity index (χ1n) is 5.65. The molecule has 0 bridgehead atoms. The van der Waals surface area contributed by atoms with Gasteiger partial charge in [-0.3, -0.25) is 4.79 Å². The van der Waals surface area contributed by atoms with Crippen LogP contribution in [-0.4, -0.2) is 17.6 Å². The zero-order chi connectivity index (χ0) is 12.0. The van der Waals surface area contributed by atoms with E-state index in [-0.39, 0.29) is 6.42 Å². The van der Waals surface area contributed by atoms with E-state index < -0.39 is 5.97 Å². The molecule has 0 unspecified atom stereocenters. The van der Waals surface area contributed by atoms with Crippen LogP contribution in [0.3, 0.4) is 0 Å². The van der Waals surface area contributed by atoms with Crippen molar-refractivity contribution >= 4 is 11.7 Å². The summed E-state index contributed by atoms with van der Waals surface area (Å²) in [4.78, 5) is 10.3. The van der Waals surface area contributed by atoms with Crippen LogP contribution < -0.4 is 5.32 Å². The average Bonchev–Trinajstić information content (AvgIpc) is 2.24. The van der Waals surface area contributed by atoms with Crippen molar-refractivity contribution in [3.63, 3.8) is 0 Å². The molecule has 3 heteroatoms. The van der Waals surface area contributed by atoms with Gasteiger partial charge in [-0.2, -0.15) is 0 Å². The number of benzene rings is 1. The van der Waals surface area contributed by atoms with Gasteiger partial charge >= 0.3 is 5.97 Å². The fourth-order valence-electron chi connectivity index (χ4n) is 1.48. The molecule has 1 aromatic carbocycles. The van der Waals surface area contributed by atoms with Crippen LogP contribution in [0.4, 0.5) is 5.69 Å².